The van der Waals surface area contributed by atoms with Crippen molar-refractivity contribution < 1.29 is 14.7 Å². The molecule has 0 saturated heterocycles. The van der Waals surface area contributed by atoms with Gasteiger partial charge in [-0.15, -0.1) is 0 Å². The Kier molecular flexibility index (Phi) is 6.01. The van der Waals surface area contributed by atoms with Gasteiger partial charge in [0.25, 0.3) is 0 Å². The number of carbonyl (C=O) groups is 2. The lowest BCUT2D eigenvalue weighted by Crippen LogP contribution is -2.53. The summed E-state index contributed by atoms with van der Waals surface area (Å²) in [7, 11) is 2.08. The summed E-state index contributed by atoms with van der Waals surface area (Å²) in [5.74, 6) is -0.890. The van der Waals surface area contributed by atoms with Gasteiger partial charge in [-0.05, 0) is 47.6 Å². The minimum Gasteiger partial charge on any atom is -0.481 e. The molecule has 6 nitrogen and oxygen atoms in total. The van der Waals surface area contributed by atoms with Crippen LogP contribution < -0.4 is 5.32 Å². The number of urea groups is 1. The van der Waals surface area contributed by atoms with Crippen LogP contribution in [0.2, 0.25) is 0 Å². The summed E-state index contributed by atoms with van der Waals surface area (Å²) in [6, 6.07) is 0.741. The van der Waals surface area contributed by atoms with Crippen LogP contribution in [0.15, 0.2) is 0 Å². The summed E-state index contributed by atoms with van der Waals surface area (Å²) >= 11 is 0. The van der Waals surface area contributed by atoms with Gasteiger partial charge in [-0.1, -0.05) is 0 Å². The van der Waals surface area contributed by atoms with Crippen LogP contribution in [0.5, 0.6) is 0 Å². The molecule has 2 N–H and O–H groups in total. The smallest absolute Gasteiger partial charge is 0.317 e. The zero-order chi connectivity index (χ0) is 16.2. The van der Waals surface area contributed by atoms with Crippen LogP contribution in [-0.2, 0) is 4.79 Å². The zero-order valence-corrected chi connectivity index (χ0v) is 13.8. The van der Waals surface area contributed by atoms with Gasteiger partial charge in [-0.3, -0.25) is 9.69 Å². The van der Waals surface area contributed by atoms with E-state index in [0.29, 0.717) is 12.6 Å². The fraction of sp³-hybridized carbons (Fsp3) is 0.867. The molecule has 0 aromatic rings. The molecular weight excluding hydrogens is 270 g/mol. The van der Waals surface area contributed by atoms with E-state index in [2.05, 4.69) is 24.2 Å². The lowest BCUT2D eigenvalue weighted by atomic mass is 10.1. The number of likely N-dealkylation sites (N-methyl/N-ethyl adjacent to an activating group) is 1. The summed E-state index contributed by atoms with van der Waals surface area (Å²) in [5.41, 5.74) is -0.398. The third-order valence-electron chi connectivity index (χ3n) is 3.97. The molecule has 1 unspecified atom stereocenters. The summed E-state index contributed by atoms with van der Waals surface area (Å²) in [6.07, 6.45) is 2.44. The Morgan fingerprint density at radius 3 is 2.33 bits per heavy atom. The number of aliphatic carboxylic acids is 1. The predicted molar refractivity (Wildman–Crippen MR) is 82.4 cm³/mol. The van der Waals surface area contributed by atoms with Gasteiger partial charge in [-0.2, -0.15) is 0 Å². The predicted octanol–water partition coefficient (Wildman–Crippen LogP) is 1.75. The highest BCUT2D eigenvalue weighted by molar-refractivity contribution is 5.76. The third kappa shape index (κ3) is 5.91. The van der Waals surface area contributed by atoms with Crippen molar-refractivity contribution in [1.29, 1.82) is 0 Å². The number of rotatable bonds is 7. The van der Waals surface area contributed by atoms with Crippen molar-refractivity contribution in [1.82, 2.24) is 15.1 Å². The minimum atomic E-state index is -0.890. The number of nitrogens with one attached hydrogen (secondary N) is 1. The molecule has 1 aliphatic rings. The number of hydrogen-bond donors (Lipinski definition) is 2. The van der Waals surface area contributed by atoms with Gasteiger partial charge in [0.05, 0.1) is 6.42 Å². The first kappa shape index (κ1) is 17.8. The maximum absolute atomic E-state index is 12.3. The van der Waals surface area contributed by atoms with Gasteiger partial charge < -0.3 is 15.3 Å². The van der Waals surface area contributed by atoms with Crippen LogP contribution in [0.4, 0.5) is 4.79 Å². The van der Waals surface area contributed by atoms with E-state index in [1.54, 1.807) is 4.90 Å². The Labute approximate surface area is 127 Å². The standard InChI is InChI=1S/C15H29N3O3/c1-11(17(5)12-6-7-12)10-16-14(21)18(15(2,3)4)9-8-13(19)20/h11-12H,6-10H2,1-5H3,(H,16,21)(H,19,20). The maximum atomic E-state index is 12.3. The van der Waals surface area contributed by atoms with Gasteiger partial charge in [0.15, 0.2) is 0 Å². The van der Waals surface area contributed by atoms with E-state index in [-0.39, 0.29) is 25.0 Å². The zero-order valence-electron chi connectivity index (χ0n) is 13.8. The van der Waals surface area contributed by atoms with E-state index in [0.717, 1.165) is 0 Å². The summed E-state index contributed by atoms with van der Waals surface area (Å²) in [6.45, 7) is 8.62. The largest absolute Gasteiger partial charge is 0.481 e. The minimum absolute atomic E-state index is 0.0395. The van der Waals surface area contributed by atoms with Crippen molar-refractivity contribution in [3.8, 4) is 0 Å². The first-order valence-electron chi connectivity index (χ1n) is 7.62. The number of nitrogens with zero attached hydrogens (tertiary/aromatic N) is 2. The molecule has 0 heterocycles. The first-order valence-corrected chi connectivity index (χ1v) is 7.62. The molecule has 0 radical (unpaired) electrons. The molecule has 1 aliphatic carbocycles. The van der Waals surface area contributed by atoms with Crippen molar-refractivity contribution in [3.63, 3.8) is 0 Å². The van der Waals surface area contributed by atoms with E-state index < -0.39 is 11.5 Å². The van der Waals surface area contributed by atoms with Crippen molar-refractivity contribution in [2.75, 3.05) is 20.1 Å². The molecule has 1 rings (SSSR count). The number of amides is 2. The number of carbonyl (C=O) groups excluding carboxylic acids is 1. The Morgan fingerprint density at radius 2 is 1.90 bits per heavy atom. The Balaban J connectivity index is 2.49. The van der Waals surface area contributed by atoms with Crippen LogP contribution in [0.3, 0.4) is 0 Å². The lowest BCUT2D eigenvalue weighted by molar-refractivity contribution is -0.137. The highest BCUT2D eigenvalue weighted by Gasteiger charge is 2.30. The second-order valence-corrected chi connectivity index (χ2v) is 6.90. The van der Waals surface area contributed by atoms with E-state index in [1.807, 2.05) is 20.8 Å². The van der Waals surface area contributed by atoms with Gasteiger partial charge in [0, 0.05) is 30.7 Å². The lowest BCUT2D eigenvalue weighted by Gasteiger charge is -2.36. The SMILES string of the molecule is CC(CNC(=O)N(CCC(=O)O)C(C)(C)C)N(C)C1CC1. The van der Waals surface area contributed by atoms with Crippen LogP contribution in [-0.4, -0.2) is 64.7 Å². The second-order valence-electron chi connectivity index (χ2n) is 6.90. The third-order valence-corrected chi connectivity index (χ3v) is 3.97. The quantitative estimate of drug-likeness (QED) is 0.751. The molecule has 0 aliphatic heterocycles. The molecule has 0 spiro atoms. The second kappa shape index (κ2) is 7.11. The highest BCUT2D eigenvalue weighted by Crippen LogP contribution is 2.26. The van der Waals surface area contributed by atoms with Crippen molar-refractivity contribution in [3.05, 3.63) is 0 Å². The van der Waals surface area contributed by atoms with Crippen LogP contribution in [0, 0.1) is 0 Å². The highest BCUT2D eigenvalue weighted by atomic mass is 16.4. The number of carboxylic acids is 1. The molecule has 6 heteroatoms. The van der Waals surface area contributed by atoms with Gasteiger partial charge >= 0.3 is 12.0 Å². The molecule has 0 aromatic heterocycles. The molecule has 2 amide bonds. The molecule has 0 bridgehead atoms. The van der Waals surface area contributed by atoms with Gasteiger partial charge in [0.1, 0.15) is 0 Å². The van der Waals surface area contributed by atoms with Gasteiger partial charge in [-0.25, -0.2) is 4.79 Å². The maximum Gasteiger partial charge on any atom is 0.317 e. The van der Waals surface area contributed by atoms with Crippen LogP contribution >= 0.6 is 0 Å². The Hall–Kier alpha value is -1.30. The average molecular weight is 299 g/mol. The number of hydrogen-bond acceptors (Lipinski definition) is 3. The fourth-order valence-electron chi connectivity index (χ4n) is 2.27. The first-order chi connectivity index (χ1) is 9.62. The summed E-state index contributed by atoms with van der Waals surface area (Å²) in [4.78, 5) is 26.9. The van der Waals surface area contributed by atoms with Crippen LogP contribution in [0.25, 0.3) is 0 Å². The molecule has 0 aromatic carbocycles. The molecule has 21 heavy (non-hydrogen) atoms. The molecule has 122 valence electrons. The van der Waals surface area contributed by atoms with Crippen LogP contribution in [0.1, 0.15) is 47.0 Å². The van der Waals surface area contributed by atoms with E-state index >= 15 is 0 Å². The fourth-order valence-corrected chi connectivity index (χ4v) is 2.27. The Bertz CT molecular complexity index is 375. The molecule has 1 saturated carbocycles. The van der Waals surface area contributed by atoms with E-state index in [4.69, 9.17) is 5.11 Å². The van der Waals surface area contributed by atoms with E-state index in [1.165, 1.54) is 12.8 Å². The monoisotopic (exact) mass is 299 g/mol. The van der Waals surface area contributed by atoms with Crippen molar-refractivity contribution in [2.45, 2.75) is 64.6 Å². The van der Waals surface area contributed by atoms with Crippen molar-refractivity contribution in [2.24, 2.45) is 0 Å². The van der Waals surface area contributed by atoms with E-state index in [9.17, 15) is 9.59 Å². The topological polar surface area (TPSA) is 72.9 Å². The summed E-state index contributed by atoms with van der Waals surface area (Å²) in [5, 5.41) is 11.7. The molecule has 1 atom stereocenters. The molecule has 1 fully saturated rings. The molecular formula is C15H29N3O3. The number of carboxylic acid groups (broad SMARTS) is 1. The summed E-state index contributed by atoms with van der Waals surface area (Å²) < 4.78 is 0. The van der Waals surface area contributed by atoms with Gasteiger partial charge in [0.2, 0.25) is 0 Å². The normalized spacial score (nSPS) is 16.7. The average Bonchev–Trinajstić information content (AvgIpc) is 3.17. The Morgan fingerprint density at radius 1 is 1.33 bits per heavy atom. The van der Waals surface area contributed by atoms with Crippen molar-refractivity contribution >= 4 is 12.0 Å².